The molecule has 0 fully saturated rings. The van der Waals surface area contributed by atoms with E-state index in [0.29, 0.717) is 0 Å². The number of carbonyl (C=O) groups is 1. The van der Waals surface area contributed by atoms with Crippen molar-refractivity contribution in [3.63, 3.8) is 0 Å². The Bertz CT molecular complexity index is 626. The Hall–Kier alpha value is -1.97. The van der Waals surface area contributed by atoms with Gasteiger partial charge in [0.1, 0.15) is 5.75 Å². The number of aryl methyl sites for hydroxylation is 2. The smallest absolute Gasteiger partial charge is 0.221 e. The van der Waals surface area contributed by atoms with Crippen molar-refractivity contribution in [2.24, 2.45) is 12.8 Å². The van der Waals surface area contributed by atoms with Crippen LogP contribution in [-0.4, -0.2) is 17.6 Å². The van der Waals surface area contributed by atoms with Crippen LogP contribution in [0.1, 0.15) is 16.8 Å². The van der Waals surface area contributed by atoms with E-state index in [-0.39, 0.29) is 12.3 Å². The van der Waals surface area contributed by atoms with Crippen molar-refractivity contribution in [2.75, 3.05) is 7.11 Å². The van der Waals surface area contributed by atoms with Crippen LogP contribution in [0.3, 0.4) is 0 Å². The highest BCUT2D eigenvalue weighted by Crippen LogP contribution is 2.34. The predicted octanol–water partition coefficient (Wildman–Crippen LogP) is 1.83. The largest absolute Gasteiger partial charge is 0.495 e. The Morgan fingerprint density at radius 1 is 1.39 bits per heavy atom. The molecule has 2 aromatic rings. The zero-order valence-electron chi connectivity index (χ0n) is 11.2. The number of nitrogens with zero attached hydrogens (tertiary/aromatic N) is 1. The third-order valence-corrected chi connectivity index (χ3v) is 3.50. The molecular formula is C14H18N2O2. The van der Waals surface area contributed by atoms with Crippen LogP contribution in [0, 0.1) is 13.8 Å². The summed E-state index contributed by atoms with van der Waals surface area (Å²) in [6.45, 7) is 4.03. The van der Waals surface area contributed by atoms with Gasteiger partial charge in [-0.3, -0.25) is 4.79 Å². The van der Waals surface area contributed by atoms with Gasteiger partial charge in [0.05, 0.1) is 19.0 Å². The molecule has 2 N–H and O–H groups in total. The molecule has 4 nitrogen and oxygen atoms in total. The van der Waals surface area contributed by atoms with Crippen LogP contribution in [0.2, 0.25) is 0 Å². The number of methoxy groups -OCH3 is 1. The van der Waals surface area contributed by atoms with Crippen LogP contribution in [0.4, 0.5) is 0 Å². The summed E-state index contributed by atoms with van der Waals surface area (Å²) in [5.74, 6) is 0.504. The zero-order valence-corrected chi connectivity index (χ0v) is 11.2. The summed E-state index contributed by atoms with van der Waals surface area (Å²) in [5, 5.41) is 1.08. The van der Waals surface area contributed by atoms with Crippen LogP contribution in [0.15, 0.2) is 12.1 Å². The second kappa shape index (κ2) is 4.37. The molecule has 0 aliphatic rings. The van der Waals surface area contributed by atoms with E-state index < -0.39 is 0 Å². The Kier molecular flexibility index (Phi) is 3.03. The number of benzene rings is 1. The van der Waals surface area contributed by atoms with E-state index in [0.717, 1.165) is 33.5 Å². The van der Waals surface area contributed by atoms with E-state index in [1.54, 1.807) is 7.11 Å². The zero-order chi connectivity index (χ0) is 13.4. The lowest BCUT2D eigenvalue weighted by atomic mass is 10.0. The van der Waals surface area contributed by atoms with Gasteiger partial charge in [0.15, 0.2) is 0 Å². The number of carbonyl (C=O) groups excluding carboxylic acids is 1. The molecule has 1 heterocycles. The van der Waals surface area contributed by atoms with Gasteiger partial charge < -0.3 is 15.0 Å². The first-order valence-corrected chi connectivity index (χ1v) is 5.87. The third-order valence-electron chi connectivity index (χ3n) is 3.50. The number of amides is 1. The maximum absolute atomic E-state index is 11.2. The van der Waals surface area contributed by atoms with Crippen LogP contribution in [0.5, 0.6) is 5.75 Å². The van der Waals surface area contributed by atoms with E-state index in [1.807, 2.05) is 33.0 Å². The van der Waals surface area contributed by atoms with E-state index in [1.165, 1.54) is 0 Å². The number of nitrogens with two attached hydrogens (primary N) is 1. The minimum absolute atomic E-state index is 0.261. The molecule has 1 amide bonds. The standard InChI is InChI=1S/C14H18N2O2/c1-8-5-6-11(18-4)14-13(8)10(7-12(15)17)9(2)16(14)3/h5-6H,7H2,1-4H3,(H2,15,17). The van der Waals surface area contributed by atoms with E-state index in [2.05, 4.69) is 4.57 Å². The summed E-state index contributed by atoms with van der Waals surface area (Å²) in [4.78, 5) is 11.2. The minimum atomic E-state index is -0.312. The molecular weight excluding hydrogens is 228 g/mol. The van der Waals surface area contributed by atoms with Gasteiger partial charge in [-0.2, -0.15) is 0 Å². The van der Waals surface area contributed by atoms with Gasteiger partial charge >= 0.3 is 0 Å². The summed E-state index contributed by atoms with van der Waals surface area (Å²) in [7, 11) is 3.63. The van der Waals surface area contributed by atoms with Crippen LogP contribution < -0.4 is 10.5 Å². The predicted molar refractivity (Wildman–Crippen MR) is 71.8 cm³/mol. The number of ether oxygens (including phenoxy) is 1. The molecule has 0 spiro atoms. The molecule has 2 rings (SSSR count). The van der Waals surface area contributed by atoms with Crippen molar-refractivity contribution in [1.29, 1.82) is 0 Å². The Morgan fingerprint density at radius 2 is 2.06 bits per heavy atom. The number of aromatic nitrogens is 1. The Labute approximate surface area is 106 Å². The maximum atomic E-state index is 11.2. The van der Waals surface area contributed by atoms with Crippen LogP contribution in [0.25, 0.3) is 10.9 Å². The van der Waals surface area contributed by atoms with Gasteiger partial charge in [0, 0.05) is 18.1 Å². The average Bonchev–Trinajstić information content (AvgIpc) is 2.56. The van der Waals surface area contributed by atoms with Crippen molar-refractivity contribution in [3.8, 4) is 5.75 Å². The van der Waals surface area contributed by atoms with Crippen LogP contribution in [-0.2, 0) is 18.3 Å². The average molecular weight is 246 g/mol. The second-order valence-corrected chi connectivity index (χ2v) is 4.57. The van der Waals surface area contributed by atoms with E-state index in [4.69, 9.17) is 10.5 Å². The van der Waals surface area contributed by atoms with Crippen molar-refractivity contribution in [2.45, 2.75) is 20.3 Å². The van der Waals surface area contributed by atoms with Gasteiger partial charge in [-0.05, 0) is 31.0 Å². The molecule has 0 aliphatic carbocycles. The molecule has 0 radical (unpaired) electrons. The first kappa shape index (κ1) is 12.5. The fourth-order valence-electron chi connectivity index (χ4n) is 2.49. The molecule has 0 saturated heterocycles. The number of hydrogen-bond donors (Lipinski definition) is 1. The van der Waals surface area contributed by atoms with E-state index >= 15 is 0 Å². The molecule has 18 heavy (non-hydrogen) atoms. The lowest BCUT2D eigenvalue weighted by molar-refractivity contribution is -0.117. The minimum Gasteiger partial charge on any atom is -0.495 e. The fourth-order valence-corrected chi connectivity index (χ4v) is 2.49. The van der Waals surface area contributed by atoms with Gasteiger partial charge in [-0.1, -0.05) is 6.07 Å². The van der Waals surface area contributed by atoms with Gasteiger partial charge in [-0.15, -0.1) is 0 Å². The monoisotopic (exact) mass is 246 g/mol. The number of fused-ring (bicyclic) bond motifs is 1. The lowest BCUT2D eigenvalue weighted by Crippen LogP contribution is -2.14. The molecule has 0 bridgehead atoms. The van der Waals surface area contributed by atoms with Gasteiger partial charge in [0.25, 0.3) is 0 Å². The first-order valence-electron chi connectivity index (χ1n) is 5.87. The third kappa shape index (κ3) is 1.74. The quantitative estimate of drug-likeness (QED) is 0.898. The van der Waals surface area contributed by atoms with Crippen molar-refractivity contribution >= 4 is 16.8 Å². The van der Waals surface area contributed by atoms with Crippen molar-refractivity contribution in [1.82, 2.24) is 4.57 Å². The summed E-state index contributed by atoms with van der Waals surface area (Å²) >= 11 is 0. The summed E-state index contributed by atoms with van der Waals surface area (Å²) in [5.41, 5.74) is 9.53. The van der Waals surface area contributed by atoms with Gasteiger partial charge in [0.2, 0.25) is 5.91 Å². The molecule has 1 aromatic heterocycles. The lowest BCUT2D eigenvalue weighted by Gasteiger charge is -2.07. The number of primary amides is 1. The normalized spacial score (nSPS) is 10.9. The van der Waals surface area contributed by atoms with Gasteiger partial charge in [-0.25, -0.2) is 0 Å². The molecule has 1 aromatic carbocycles. The summed E-state index contributed by atoms with van der Waals surface area (Å²) in [6, 6.07) is 3.95. The SMILES string of the molecule is COc1ccc(C)c2c(CC(N)=O)c(C)n(C)c12. The Balaban J connectivity index is 2.87. The van der Waals surface area contributed by atoms with Crippen molar-refractivity contribution in [3.05, 3.63) is 29.0 Å². The highest BCUT2D eigenvalue weighted by molar-refractivity contribution is 5.95. The highest BCUT2D eigenvalue weighted by atomic mass is 16.5. The number of rotatable bonds is 3. The summed E-state index contributed by atoms with van der Waals surface area (Å²) in [6.07, 6.45) is 0.261. The first-order chi connectivity index (χ1) is 8.47. The molecule has 0 unspecified atom stereocenters. The van der Waals surface area contributed by atoms with Crippen molar-refractivity contribution < 1.29 is 9.53 Å². The fraction of sp³-hybridized carbons (Fsp3) is 0.357. The molecule has 4 heteroatoms. The van der Waals surface area contributed by atoms with Crippen LogP contribution >= 0.6 is 0 Å². The second-order valence-electron chi connectivity index (χ2n) is 4.57. The van der Waals surface area contributed by atoms with E-state index in [9.17, 15) is 4.79 Å². The highest BCUT2D eigenvalue weighted by Gasteiger charge is 2.18. The summed E-state index contributed by atoms with van der Waals surface area (Å²) < 4.78 is 7.45. The molecule has 96 valence electrons. The maximum Gasteiger partial charge on any atom is 0.221 e. The Morgan fingerprint density at radius 3 is 2.61 bits per heavy atom. The molecule has 0 aliphatic heterocycles. The number of hydrogen-bond acceptors (Lipinski definition) is 2. The topological polar surface area (TPSA) is 57.2 Å². The molecule has 0 atom stereocenters. The molecule has 0 saturated carbocycles.